The Bertz CT molecular complexity index is 1370. The number of aromatic nitrogens is 1. The van der Waals surface area contributed by atoms with Gasteiger partial charge in [-0.15, -0.1) is 11.3 Å². The molecule has 0 unspecified atom stereocenters. The van der Waals surface area contributed by atoms with Crippen LogP contribution in [0.15, 0.2) is 72.8 Å². The van der Waals surface area contributed by atoms with Gasteiger partial charge in [-0.05, 0) is 66.9 Å². The summed E-state index contributed by atoms with van der Waals surface area (Å²) in [5.41, 5.74) is 8.19. The Balaban J connectivity index is 1.55. The minimum atomic E-state index is 1.03. The first-order valence-electron chi connectivity index (χ1n) is 10.6. The first kappa shape index (κ1) is 17.9. The fourth-order valence-electron chi connectivity index (χ4n) is 4.82. The number of rotatable bonds is 2. The van der Waals surface area contributed by atoms with E-state index < -0.39 is 0 Å². The molecule has 0 fully saturated rings. The minimum absolute atomic E-state index is 1.03. The zero-order valence-electron chi connectivity index (χ0n) is 17.4. The molecular formula is C27H24N2S. The number of hydrogen-bond acceptors (Lipinski definition) is 2. The Labute approximate surface area is 181 Å². The van der Waals surface area contributed by atoms with E-state index in [9.17, 15) is 0 Å². The van der Waals surface area contributed by atoms with Crippen LogP contribution in [0.2, 0.25) is 0 Å². The average Bonchev–Trinajstić information content (AvgIpc) is 3.33. The smallest absolute Gasteiger partial charge is 0.0535 e. The Morgan fingerprint density at radius 2 is 1.80 bits per heavy atom. The Hall–Kier alpha value is -2.88. The summed E-state index contributed by atoms with van der Waals surface area (Å²) < 4.78 is 3.86. The second kappa shape index (κ2) is 6.83. The standard InChI is InChI=1S/C27H24N2S/c1-18-10-11-24-22(14-18)23-17-28(2)13-12-25(23)29(24)21-8-5-7-19(15-21)27-16-20-6-3-4-9-26(20)30-27/h3-11,14-16H,12-13,17H2,1-2H3. The fourth-order valence-corrected chi connectivity index (χ4v) is 5.88. The summed E-state index contributed by atoms with van der Waals surface area (Å²) in [6.45, 7) is 4.33. The van der Waals surface area contributed by atoms with Gasteiger partial charge in [0, 0.05) is 45.9 Å². The molecule has 2 nitrogen and oxygen atoms in total. The number of thiophene rings is 1. The molecule has 1 aliphatic heterocycles. The van der Waals surface area contributed by atoms with Crippen LogP contribution >= 0.6 is 11.3 Å². The number of benzene rings is 3. The second-order valence-electron chi connectivity index (χ2n) is 8.47. The van der Waals surface area contributed by atoms with Gasteiger partial charge in [-0.1, -0.05) is 42.0 Å². The predicted molar refractivity (Wildman–Crippen MR) is 129 cm³/mol. The second-order valence-corrected chi connectivity index (χ2v) is 9.55. The van der Waals surface area contributed by atoms with Crippen LogP contribution in [0, 0.1) is 6.92 Å². The van der Waals surface area contributed by atoms with Crippen molar-refractivity contribution in [3.8, 4) is 16.1 Å². The Morgan fingerprint density at radius 1 is 0.900 bits per heavy atom. The largest absolute Gasteiger partial charge is 0.313 e. The molecule has 0 N–H and O–H groups in total. The van der Waals surface area contributed by atoms with Gasteiger partial charge in [0.1, 0.15) is 0 Å². The van der Waals surface area contributed by atoms with E-state index in [0.717, 1.165) is 19.5 Å². The van der Waals surface area contributed by atoms with Crippen molar-refractivity contribution in [3.63, 3.8) is 0 Å². The van der Waals surface area contributed by atoms with Gasteiger partial charge in [0.2, 0.25) is 0 Å². The molecule has 0 atom stereocenters. The molecule has 3 heteroatoms. The lowest BCUT2D eigenvalue weighted by Gasteiger charge is -2.24. The van der Waals surface area contributed by atoms with Crippen molar-refractivity contribution in [2.45, 2.75) is 19.9 Å². The molecule has 0 spiro atoms. The predicted octanol–water partition coefficient (Wildman–Crippen LogP) is 6.81. The van der Waals surface area contributed by atoms with Crippen LogP contribution in [0.3, 0.4) is 0 Å². The van der Waals surface area contributed by atoms with Crippen molar-refractivity contribution in [3.05, 3.63) is 89.6 Å². The maximum Gasteiger partial charge on any atom is 0.0535 e. The third kappa shape index (κ3) is 2.81. The van der Waals surface area contributed by atoms with Crippen LogP contribution in [-0.2, 0) is 13.0 Å². The minimum Gasteiger partial charge on any atom is -0.313 e. The maximum atomic E-state index is 2.51. The van der Waals surface area contributed by atoms with E-state index in [1.807, 2.05) is 11.3 Å². The highest BCUT2D eigenvalue weighted by Gasteiger charge is 2.23. The summed E-state index contributed by atoms with van der Waals surface area (Å²) in [6.07, 6.45) is 1.09. The number of aryl methyl sites for hydroxylation is 1. The van der Waals surface area contributed by atoms with Gasteiger partial charge in [-0.2, -0.15) is 0 Å². The maximum absolute atomic E-state index is 2.51. The molecule has 1 aliphatic rings. The summed E-state index contributed by atoms with van der Waals surface area (Å²) in [5.74, 6) is 0. The van der Waals surface area contributed by atoms with Crippen molar-refractivity contribution < 1.29 is 0 Å². The molecule has 2 aromatic heterocycles. The molecule has 148 valence electrons. The van der Waals surface area contributed by atoms with E-state index in [4.69, 9.17) is 0 Å². The molecule has 0 saturated heterocycles. The first-order valence-corrected chi connectivity index (χ1v) is 11.4. The number of nitrogens with zero attached hydrogens (tertiary/aromatic N) is 2. The molecule has 3 aromatic carbocycles. The summed E-state index contributed by atoms with van der Waals surface area (Å²) in [6, 6.07) is 26.9. The van der Waals surface area contributed by atoms with Crippen LogP contribution in [0.5, 0.6) is 0 Å². The van der Waals surface area contributed by atoms with Crippen LogP contribution in [0.25, 0.3) is 37.1 Å². The molecule has 0 aliphatic carbocycles. The van der Waals surface area contributed by atoms with Gasteiger partial charge < -0.3 is 9.47 Å². The topological polar surface area (TPSA) is 8.17 Å². The lowest BCUT2D eigenvalue weighted by Crippen LogP contribution is -2.27. The van der Waals surface area contributed by atoms with Gasteiger partial charge in [0.05, 0.1) is 5.52 Å². The SMILES string of the molecule is Cc1ccc2c(c1)c1c(n2-c2cccc(-c3cc4ccccc4s3)c2)CCN(C)C1. The molecule has 0 radical (unpaired) electrons. The molecule has 30 heavy (non-hydrogen) atoms. The van der Waals surface area contributed by atoms with E-state index in [2.05, 4.69) is 96.2 Å². The first-order chi connectivity index (χ1) is 14.7. The van der Waals surface area contributed by atoms with Crippen LogP contribution < -0.4 is 0 Å². The monoisotopic (exact) mass is 408 g/mol. The quantitative estimate of drug-likeness (QED) is 0.311. The third-order valence-corrected chi connectivity index (χ3v) is 7.47. The van der Waals surface area contributed by atoms with Crippen LogP contribution in [-0.4, -0.2) is 23.1 Å². The summed E-state index contributed by atoms with van der Waals surface area (Å²) in [5, 5.41) is 2.73. The molecule has 0 amide bonds. The Kier molecular flexibility index (Phi) is 4.08. The van der Waals surface area contributed by atoms with Crippen molar-refractivity contribution >= 4 is 32.3 Å². The van der Waals surface area contributed by atoms with Crippen LogP contribution in [0.1, 0.15) is 16.8 Å². The van der Waals surface area contributed by atoms with Gasteiger partial charge >= 0.3 is 0 Å². The number of fused-ring (bicyclic) bond motifs is 4. The fraction of sp³-hybridized carbons (Fsp3) is 0.185. The van der Waals surface area contributed by atoms with Gasteiger partial charge in [-0.25, -0.2) is 0 Å². The average molecular weight is 409 g/mol. The zero-order chi connectivity index (χ0) is 20.2. The zero-order valence-corrected chi connectivity index (χ0v) is 18.2. The summed E-state index contributed by atoms with van der Waals surface area (Å²) in [4.78, 5) is 3.76. The normalized spacial score (nSPS) is 14.5. The highest BCUT2D eigenvalue weighted by molar-refractivity contribution is 7.22. The van der Waals surface area contributed by atoms with Gasteiger partial charge in [0.25, 0.3) is 0 Å². The molecule has 5 aromatic rings. The number of likely N-dealkylation sites (N-methyl/N-ethyl adjacent to an activating group) is 1. The van der Waals surface area contributed by atoms with Crippen molar-refractivity contribution in [2.24, 2.45) is 0 Å². The third-order valence-electron chi connectivity index (χ3n) is 6.31. The molecule has 3 heterocycles. The highest BCUT2D eigenvalue weighted by Crippen LogP contribution is 2.37. The lowest BCUT2D eigenvalue weighted by atomic mass is 10.0. The van der Waals surface area contributed by atoms with E-state index in [1.165, 1.54) is 53.9 Å². The van der Waals surface area contributed by atoms with Crippen molar-refractivity contribution in [2.75, 3.05) is 13.6 Å². The van der Waals surface area contributed by atoms with Gasteiger partial charge in [-0.3, -0.25) is 0 Å². The molecule has 0 bridgehead atoms. The molecule has 0 saturated carbocycles. The van der Waals surface area contributed by atoms with E-state index in [1.54, 1.807) is 0 Å². The molecule has 6 rings (SSSR count). The van der Waals surface area contributed by atoms with E-state index >= 15 is 0 Å². The van der Waals surface area contributed by atoms with Gasteiger partial charge in [0.15, 0.2) is 0 Å². The number of hydrogen-bond donors (Lipinski definition) is 0. The highest BCUT2D eigenvalue weighted by atomic mass is 32.1. The molecular weight excluding hydrogens is 384 g/mol. The van der Waals surface area contributed by atoms with E-state index in [-0.39, 0.29) is 0 Å². The van der Waals surface area contributed by atoms with Crippen molar-refractivity contribution in [1.29, 1.82) is 0 Å². The van der Waals surface area contributed by atoms with Crippen molar-refractivity contribution in [1.82, 2.24) is 9.47 Å². The Morgan fingerprint density at radius 3 is 2.70 bits per heavy atom. The van der Waals surface area contributed by atoms with Crippen LogP contribution in [0.4, 0.5) is 0 Å². The van der Waals surface area contributed by atoms with E-state index in [0.29, 0.717) is 0 Å². The summed E-state index contributed by atoms with van der Waals surface area (Å²) >= 11 is 1.88. The summed E-state index contributed by atoms with van der Waals surface area (Å²) in [7, 11) is 2.23. The lowest BCUT2D eigenvalue weighted by molar-refractivity contribution is 0.311.